The summed E-state index contributed by atoms with van der Waals surface area (Å²) in [5.74, 6) is 0.329. The normalized spacial score (nSPS) is 14.1. The van der Waals surface area contributed by atoms with Gasteiger partial charge in [0.2, 0.25) is 5.75 Å². The summed E-state index contributed by atoms with van der Waals surface area (Å²) in [7, 11) is -3.37. The third-order valence-electron chi connectivity index (χ3n) is 4.97. The first-order valence-electron chi connectivity index (χ1n) is 11.6. The number of aliphatic carboxylic acids is 1. The number of nitrogens with one attached hydrogen (secondary N) is 2. The molecular formula is C23H35N5O6S. The maximum Gasteiger partial charge on any atom is 0.305 e. The summed E-state index contributed by atoms with van der Waals surface area (Å²) in [6.07, 6.45) is 5.25. The fraction of sp³-hybridized carbons (Fsp3) is 0.565. The van der Waals surface area contributed by atoms with E-state index in [9.17, 15) is 13.2 Å². The number of ether oxygens (including phenoxy) is 2. The van der Waals surface area contributed by atoms with Gasteiger partial charge in [-0.2, -0.15) is 4.98 Å². The van der Waals surface area contributed by atoms with Crippen molar-refractivity contribution in [1.82, 2.24) is 20.3 Å². The van der Waals surface area contributed by atoms with Crippen molar-refractivity contribution in [2.45, 2.75) is 58.1 Å². The van der Waals surface area contributed by atoms with Gasteiger partial charge in [-0.25, -0.2) is 18.4 Å². The van der Waals surface area contributed by atoms with Crippen molar-refractivity contribution in [2.24, 2.45) is 5.92 Å². The summed E-state index contributed by atoms with van der Waals surface area (Å²) in [4.78, 5) is 22.5. The van der Waals surface area contributed by atoms with Crippen LogP contribution < -0.4 is 20.1 Å². The van der Waals surface area contributed by atoms with E-state index in [2.05, 4.69) is 25.6 Å². The Morgan fingerprint density at radius 3 is 2.46 bits per heavy atom. The second kappa shape index (κ2) is 13.2. The van der Waals surface area contributed by atoms with Gasteiger partial charge < -0.3 is 25.2 Å². The van der Waals surface area contributed by atoms with E-state index in [-0.39, 0.29) is 17.0 Å². The molecule has 194 valence electrons. The topological polar surface area (TPSA) is 153 Å². The van der Waals surface area contributed by atoms with E-state index >= 15 is 0 Å². The van der Waals surface area contributed by atoms with Gasteiger partial charge in [0.1, 0.15) is 12.4 Å². The summed E-state index contributed by atoms with van der Waals surface area (Å²) in [5.41, 5.74) is 1.17. The highest BCUT2D eigenvalue weighted by atomic mass is 32.2. The van der Waals surface area contributed by atoms with Crippen LogP contribution in [0.1, 0.15) is 45.7 Å². The van der Waals surface area contributed by atoms with Crippen LogP contribution in [0.2, 0.25) is 0 Å². The molecule has 0 spiro atoms. The van der Waals surface area contributed by atoms with Crippen molar-refractivity contribution in [3.05, 3.63) is 24.2 Å². The fourth-order valence-corrected chi connectivity index (χ4v) is 3.56. The Labute approximate surface area is 206 Å². The molecule has 2 aromatic heterocycles. The number of carboxylic acids is 1. The number of sulfone groups is 1. The van der Waals surface area contributed by atoms with Crippen LogP contribution in [-0.2, 0) is 14.6 Å². The molecule has 12 heteroatoms. The molecule has 1 aliphatic heterocycles. The number of carboxylic acid groups (broad SMARTS) is 1. The first-order valence-corrected chi connectivity index (χ1v) is 13.4. The Bertz CT molecular complexity index is 1090. The number of rotatable bonds is 9. The molecule has 0 radical (unpaired) electrons. The number of pyridine rings is 1. The predicted molar refractivity (Wildman–Crippen MR) is 132 cm³/mol. The van der Waals surface area contributed by atoms with Gasteiger partial charge in [-0.15, -0.1) is 0 Å². The second-order valence-corrected chi connectivity index (χ2v) is 10.4. The van der Waals surface area contributed by atoms with E-state index in [0.29, 0.717) is 35.4 Å². The van der Waals surface area contributed by atoms with E-state index in [1.54, 1.807) is 26.8 Å². The zero-order valence-corrected chi connectivity index (χ0v) is 21.7. The van der Waals surface area contributed by atoms with Gasteiger partial charge in [0.05, 0.1) is 23.9 Å². The van der Waals surface area contributed by atoms with Crippen molar-refractivity contribution >= 4 is 27.3 Å². The van der Waals surface area contributed by atoms with Crippen molar-refractivity contribution in [3.8, 4) is 11.6 Å². The van der Waals surface area contributed by atoms with Crippen LogP contribution in [0.5, 0.6) is 11.6 Å². The number of hydrogen-bond donors (Lipinski definition) is 3. The average Bonchev–Trinajstić information content (AvgIpc) is 2.80. The van der Waals surface area contributed by atoms with Gasteiger partial charge in [0.15, 0.2) is 20.7 Å². The number of anilines is 2. The minimum Gasteiger partial charge on any atom is -0.485 e. The first kappa shape index (κ1) is 28.2. The molecule has 0 aromatic carbocycles. The molecule has 0 saturated carbocycles. The number of carbonyl (C=O) groups is 1. The van der Waals surface area contributed by atoms with Crippen molar-refractivity contribution in [1.29, 1.82) is 0 Å². The lowest BCUT2D eigenvalue weighted by atomic mass is 10.1. The highest BCUT2D eigenvalue weighted by molar-refractivity contribution is 7.90. The lowest BCUT2D eigenvalue weighted by Crippen LogP contribution is -2.34. The summed E-state index contributed by atoms with van der Waals surface area (Å²) in [5, 5.41) is 14.5. The van der Waals surface area contributed by atoms with E-state index in [4.69, 9.17) is 14.6 Å². The van der Waals surface area contributed by atoms with Crippen LogP contribution in [0.25, 0.3) is 0 Å². The Morgan fingerprint density at radius 1 is 1.26 bits per heavy atom. The molecule has 0 aliphatic carbocycles. The molecule has 0 bridgehead atoms. The molecule has 11 nitrogen and oxygen atoms in total. The number of aromatic nitrogens is 3. The molecule has 1 aliphatic rings. The molecule has 0 amide bonds. The second-order valence-electron chi connectivity index (χ2n) is 8.44. The van der Waals surface area contributed by atoms with Crippen LogP contribution in [0, 0.1) is 12.8 Å². The molecule has 3 heterocycles. The van der Waals surface area contributed by atoms with Crippen molar-refractivity contribution in [3.63, 3.8) is 0 Å². The van der Waals surface area contributed by atoms with Crippen LogP contribution in [0.15, 0.2) is 23.5 Å². The number of aryl methyl sites for hydroxylation is 1. The molecule has 3 rings (SSSR count). The van der Waals surface area contributed by atoms with Crippen molar-refractivity contribution < 1.29 is 27.8 Å². The van der Waals surface area contributed by atoms with Crippen molar-refractivity contribution in [2.75, 3.05) is 31.3 Å². The summed E-state index contributed by atoms with van der Waals surface area (Å²) in [6.45, 7) is 9.34. The Kier molecular flexibility index (Phi) is 10.6. The fourth-order valence-electron chi connectivity index (χ4n) is 2.94. The maximum atomic E-state index is 11.7. The summed E-state index contributed by atoms with van der Waals surface area (Å²) < 4.78 is 35.4. The van der Waals surface area contributed by atoms with E-state index in [1.807, 2.05) is 6.92 Å². The first-order chi connectivity index (χ1) is 16.5. The minimum atomic E-state index is -3.37. The Hall–Kier alpha value is -2.99. The summed E-state index contributed by atoms with van der Waals surface area (Å²) >= 11 is 0. The molecule has 2 aromatic rings. The van der Waals surface area contributed by atoms with E-state index in [1.165, 1.54) is 12.4 Å². The maximum absolute atomic E-state index is 11.7. The zero-order valence-electron chi connectivity index (χ0n) is 20.9. The number of hydrogen-bond acceptors (Lipinski definition) is 10. The smallest absolute Gasteiger partial charge is 0.305 e. The van der Waals surface area contributed by atoms with Gasteiger partial charge in [-0.3, -0.25) is 4.79 Å². The molecular weight excluding hydrogens is 474 g/mol. The molecule has 0 unspecified atom stereocenters. The Morgan fingerprint density at radius 2 is 1.91 bits per heavy atom. The third-order valence-corrected chi connectivity index (χ3v) is 5.96. The highest BCUT2D eigenvalue weighted by Gasteiger charge is 2.21. The van der Waals surface area contributed by atoms with Crippen LogP contribution in [0.4, 0.5) is 11.5 Å². The molecule has 35 heavy (non-hydrogen) atoms. The van der Waals surface area contributed by atoms with Gasteiger partial charge in [0, 0.05) is 6.26 Å². The summed E-state index contributed by atoms with van der Waals surface area (Å²) in [6, 6.07) is 3.13. The molecule has 3 N–H and O–H groups in total. The minimum absolute atomic E-state index is 0.0284. The van der Waals surface area contributed by atoms with Gasteiger partial charge >= 0.3 is 5.97 Å². The average molecular weight is 510 g/mol. The predicted octanol–water partition coefficient (Wildman–Crippen LogP) is 2.97. The lowest BCUT2D eigenvalue weighted by molar-refractivity contribution is -0.140. The third kappa shape index (κ3) is 8.95. The van der Waals surface area contributed by atoms with Crippen LogP contribution in [0.3, 0.4) is 0 Å². The number of piperidine rings is 1. The van der Waals surface area contributed by atoms with E-state index < -0.39 is 15.8 Å². The monoisotopic (exact) mass is 509 g/mol. The lowest BCUT2D eigenvalue weighted by Gasteiger charge is -2.24. The molecule has 0 atom stereocenters. The van der Waals surface area contributed by atoms with Gasteiger partial charge in [-0.1, -0.05) is 20.8 Å². The number of nitrogens with zero attached hydrogens (tertiary/aromatic N) is 3. The highest BCUT2D eigenvalue weighted by Crippen LogP contribution is 2.35. The van der Waals surface area contributed by atoms with Gasteiger partial charge in [-0.05, 0) is 51.4 Å². The molecule has 1 fully saturated rings. The standard InChI is InChI=1S/C19H27N5O4S.C4H8O2/c1-4-11-27-17-18(21-12-22-19(17)28-14-7-9-20-10-8-14)24-15-5-6-16(23-13(15)2)29(3,25)26;1-3(2)4(5)6/h5-6,12,14,20H,4,7-11H2,1-3H3,(H,21,22,24);3H,1-2H3,(H,5,6). The SMILES string of the molecule is CC(C)C(=O)O.CCCOc1c(Nc2ccc(S(C)(=O)=O)nc2C)ncnc1OC1CCNCC1. The largest absolute Gasteiger partial charge is 0.485 e. The van der Waals surface area contributed by atoms with Crippen LogP contribution in [-0.4, -0.2) is 66.5 Å². The van der Waals surface area contributed by atoms with Crippen LogP contribution >= 0.6 is 0 Å². The molecule has 1 saturated heterocycles. The zero-order chi connectivity index (χ0) is 26.0. The van der Waals surface area contributed by atoms with Gasteiger partial charge in [0.25, 0.3) is 5.88 Å². The quantitative estimate of drug-likeness (QED) is 0.457. The Balaban J connectivity index is 0.000000641. The van der Waals surface area contributed by atoms with E-state index in [0.717, 1.165) is 38.6 Å².